The van der Waals surface area contributed by atoms with Crippen LogP contribution in [0.4, 0.5) is 0 Å². The van der Waals surface area contributed by atoms with Crippen molar-refractivity contribution in [1.82, 2.24) is 9.47 Å². The van der Waals surface area contributed by atoms with Crippen molar-refractivity contribution in [2.75, 3.05) is 13.1 Å². The Morgan fingerprint density at radius 1 is 0.912 bits per heavy atom. The number of nitrogens with zero attached hydrogens (tertiary/aromatic N) is 2. The van der Waals surface area contributed by atoms with Gasteiger partial charge in [-0.2, -0.15) is 0 Å². The van der Waals surface area contributed by atoms with Crippen LogP contribution in [0.1, 0.15) is 47.4 Å². The zero-order valence-corrected chi connectivity index (χ0v) is 20.3. The van der Waals surface area contributed by atoms with Gasteiger partial charge in [0.05, 0.1) is 0 Å². The molecule has 5 rings (SSSR count). The van der Waals surface area contributed by atoms with Crippen LogP contribution in [0.5, 0.6) is 0 Å². The van der Waals surface area contributed by atoms with Crippen molar-refractivity contribution in [3.05, 3.63) is 107 Å². The fraction of sp³-hybridized carbons (Fsp3) is 0.323. The van der Waals surface area contributed by atoms with Crippen LogP contribution in [0.3, 0.4) is 0 Å². The first kappa shape index (κ1) is 22.5. The summed E-state index contributed by atoms with van der Waals surface area (Å²) in [5.74, 6) is 0.996. The van der Waals surface area contributed by atoms with E-state index in [-0.39, 0.29) is 11.8 Å². The molecule has 0 spiro atoms. The minimum absolute atomic E-state index is 0.0567. The SMILES string of the molecule is Cc1ccc([C@@H](CC(=O)N2CCC(Cc3ccccc3)CC2)c2cn(C)c3ccccc23)cc1. The molecule has 2 heterocycles. The van der Waals surface area contributed by atoms with E-state index < -0.39 is 0 Å². The van der Waals surface area contributed by atoms with E-state index >= 15 is 0 Å². The topological polar surface area (TPSA) is 25.2 Å². The van der Waals surface area contributed by atoms with Crippen molar-refractivity contribution in [2.45, 2.75) is 38.5 Å². The average molecular weight is 451 g/mol. The van der Waals surface area contributed by atoms with E-state index in [2.05, 4.69) is 108 Å². The van der Waals surface area contributed by atoms with E-state index in [1.165, 1.54) is 33.2 Å². The summed E-state index contributed by atoms with van der Waals surface area (Å²) in [7, 11) is 2.09. The van der Waals surface area contributed by atoms with Crippen LogP contribution in [0.15, 0.2) is 85.1 Å². The lowest BCUT2D eigenvalue weighted by molar-refractivity contribution is -0.132. The van der Waals surface area contributed by atoms with Crippen LogP contribution in [-0.4, -0.2) is 28.5 Å². The van der Waals surface area contributed by atoms with Gasteiger partial charge in [0.25, 0.3) is 0 Å². The molecule has 1 aromatic heterocycles. The van der Waals surface area contributed by atoms with Gasteiger partial charge in [0.2, 0.25) is 5.91 Å². The first-order chi connectivity index (χ1) is 16.6. The van der Waals surface area contributed by atoms with Crippen molar-refractivity contribution in [3.8, 4) is 0 Å². The van der Waals surface area contributed by atoms with Gasteiger partial charge in [-0.05, 0) is 54.9 Å². The maximum absolute atomic E-state index is 13.5. The van der Waals surface area contributed by atoms with Gasteiger partial charge in [0.1, 0.15) is 0 Å². The molecule has 0 unspecified atom stereocenters. The minimum Gasteiger partial charge on any atom is -0.350 e. The summed E-state index contributed by atoms with van der Waals surface area (Å²) >= 11 is 0. The van der Waals surface area contributed by atoms with E-state index in [1.54, 1.807) is 0 Å². The van der Waals surface area contributed by atoms with Gasteiger partial charge in [0.15, 0.2) is 0 Å². The number of para-hydroxylation sites is 1. The highest BCUT2D eigenvalue weighted by atomic mass is 16.2. The van der Waals surface area contributed by atoms with Crippen LogP contribution in [-0.2, 0) is 18.3 Å². The first-order valence-corrected chi connectivity index (χ1v) is 12.5. The lowest BCUT2D eigenvalue weighted by atomic mass is 9.86. The Bertz CT molecular complexity index is 1250. The summed E-state index contributed by atoms with van der Waals surface area (Å²) in [5.41, 5.74) is 6.32. The van der Waals surface area contributed by atoms with Gasteiger partial charge in [-0.3, -0.25) is 4.79 Å². The van der Waals surface area contributed by atoms with E-state index in [4.69, 9.17) is 0 Å². The Hall–Kier alpha value is -3.33. The summed E-state index contributed by atoms with van der Waals surface area (Å²) in [6.07, 6.45) is 6.02. The molecule has 1 atom stereocenters. The number of hydrogen-bond acceptors (Lipinski definition) is 1. The average Bonchev–Trinajstić information content (AvgIpc) is 3.20. The Kier molecular flexibility index (Phi) is 6.53. The fourth-order valence-corrected chi connectivity index (χ4v) is 5.49. The highest BCUT2D eigenvalue weighted by Crippen LogP contribution is 2.35. The summed E-state index contributed by atoms with van der Waals surface area (Å²) in [6.45, 7) is 3.85. The molecule has 3 aromatic carbocycles. The monoisotopic (exact) mass is 450 g/mol. The van der Waals surface area contributed by atoms with E-state index in [0.29, 0.717) is 12.3 Å². The van der Waals surface area contributed by atoms with Crippen LogP contribution in [0, 0.1) is 12.8 Å². The zero-order valence-electron chi connectivity index (χ0n) is 20.3. The Labute approximate surface area is 203 Å². The molecule has 3 heteroatoms. The molecule has 0 aliphatic carbocycles. The second kappa shape index (κ2) is 9.89. The largest absolute Gasteiger partial charge is 0.350 e. The number of hydrogen-bond donors (Lipinski definition) is 0. The van der Waals surface area contributed by atoms with Crippen molar-refractivity contribution in [2.24, 2.45) is 13.0 Å². The van der Waals surface area contributed by atoms with Gasteiger partial charge < -0.3 is 9.47 Å². The molecule has 4 aromatic rings. The van der Waals surface area contributed by atoms with Crippen molar-refractivity contribution < 1.29 is 4.79 Å². The highest BCUT2D eigenvalue weighted by molar-refractivity contribution is 5.86. The van der Waals surface area contributed by atoms with Gasteiger partial charge in [-0.25, -0.2) is 0 Å². The second-order valence-corrected chi connectivity index (χ2v) is 9.89. The molecule has 1 fully saturated rings. The minimum atomic E-state index is 0.0567. The number of aryl methyl sites for hydroxylation is 2. The molecule has 1 amide bonds. The fourth-order valence-electron chi connectivity index (χ4n) is 5.49. The normalized spacial score (nSPS) is 15.5. The molecular formula is C31H34N2O. The molecule has 3 nitrogen and oxygen atoms in total. The molecule has 1 saturated heterocycles. The Morgan fingerprint density at radius 3 is 2.32 bits per heavy atom. The number of carbonyl (C=O) groups is 1. The third-order valence-corrected chi connectivity index (χ3v) is 7.50. The Balaban J connectivity index is 1.34. The molecule has 1 aliphatic heterocycles. The number of fused-ring (bicyclic) bond motifs is 1. The second-order valence-electron chi connectivity index (χ2n) is 9.89. The molecule has 0 bridgehead atoms. The summed E-state index contributed by atoms with van der Waals surface area (Å²) in [6, 6.07) is 28.0. The number of piperidine rings is 1. The number of benzene rings is 3. The predicted octanol–water partition coefficient (Wildman–Crippen LogP) is 6.49. The highest BCUT2D eigenvalue weighted by Gasteiger charge is 2.27. The molecule has 174 valence electrons. The van der Waals surface area contributed by atoms with E-state index in [1.807, 2.05) is 0 Å². The number of likely N-dealkylation sites (tertiary alicyclic amines) is 1. The number of carbonyl (C=O) groups excluding carboxylic acids is 1. The molecular weight excluding hydrogens is 416 g/mol. The molecule has 34 heavy (non-hydrogen) atoms. The van der Waals surface area contributed by atoms with Crippen LogP contribution in [0.2, 0.25) is 0 Å². The van der Waals surface area contributed by atoms with Crippen molar-refractivity contribution in [3.63, 3.8) is 0 Å². The first-order valence-electron chi connectivity index (χ1n) is 12.5. The van der Waals surface area contributed by atoms with Gasteiger partial charge in [0, 0.05) is 49.6 Å². The van der Waals surface area contributed by atoms with E-state index in [9.17, 15) is 4.79 Å². The molecule has 0 N–H and O–H groups in total. The number of aromatic nitrogens is 1. The number of rotatable bonds is 6. The quantitative estimate of drug-likeness (QED) is 0.330. The zero-order chi connectivity index (χ0) is 23.5. The Morgan fingerprint density at radius 2 is 1.59 bits per heavy atom. The van der Waals surface area contributed by atoms with Gasteiger partial charge in [-0.15, -0.1) is 0 Å². The summed E-state index contributed by atoms with van der Waals surface area (Å²) in [4.78, 5) is 15.7. The standard InChI is InChI=1S/C31H34N2O/c1-23-12-14-26(15-13-23)28(29-22-32(2)30-11-7-6-10-27(29)30)21-31(34)33-18-16-25(17-19-33)20-24-8-4-3-5-9-24/h3-15,22,25,28H,16-21H2,1-2H3/t28-/m1/s1. The molecule has 1 aliphatic rings. The third-order valence-electron chi connectivity index (χ3n) is 7.50. The van der Waals surface area contributed by atoms with Crippen molar-refractivity contribution >= 4 is 16.8 Å². The third kappa shape index (κ3) is 4.79. The maximum atomic E-state index is 13.5. The van der Waals surface area contributed by atoms with Gasteiger partial charge in [-0.1, -0.05) is 78.4 Å². The van der Waals surface area contributed by atoms with E-state index in [0.717, 1.165) is 32.4 Å². The lowest BCUT2D eigenvalue weighted by Crippen LogP contribution is -2.39. The van der Waals surface area contributed by atoms with Gasteiger partial charge >= 0.3 is 0 Å². The van der Waals surface area contributed by atoms with Crippen molar-refractivity contribution in [1.29, 1.82) is 0 Å². The lowest BCUT2D eigenvalue weighted by Gasteiger charge is -2.33. The predicted molar refractivity (Wildman–Crippen MR) is 140 cm³/mol. The van der Waals surface area contributed by atoms with Crippen LogP contribution < -0.4 is 0 Å². The number of amides is 1. The summed E-state index contributed by atoms with van der Waals surface area (Å²) in [5, 5.41) is 1.24. The molecule has 0 saturated carbocycles. The maximum Gasteiger partial charge on any atom is 0.223 e. The van der Waals surface area contributed by atoms with Crippen LogP contribution in [0.25, 0.3) is 10.9 Å². The van der Waals surface area contributed by atoms with Crippen LogP contribution >= 0.6 is 0 Å². The smallest absolute Gasteiger partial charge is 0.223 e. The summed E-state index contributed by atoms with van der Waals surface area (Å²) < 4.78 is 2.19. The molecule has 0 radical (unpaired) electrons.